The molecule has 12 N–H and O–H groups in total. The Kier molecular flexibility index (Phi) is 46.7. The van der Waals surface area contributed by atoms with Crippen molar-refractivity contribution in [2.45, 2.75) is 266 Å². The minimum absolute atomic E-state index is 0.190. The van der Waals surface area contributed by atoms with Gasteiger partial charge in [0.15, 0.2) is 18.9 Å². The Balaban J connectivity index is 1.40. The number of ether oxygens (including phenoxy) is 6. The van der Waals surface area contributed by atoms with Gasteiger partial charge in [0.2, 0.25) is 5.91 Å². The third-order valence-electron chi connectivity index (χ3n) is 15.5. The normalized spacial score (nSPS) is 28.7. The number of hydrogen-bond acceptors (Lipinski definition) is 18. The van der Waals surface area contributed by atoms with Gasteiger partial charge in [-0.1, -0.05) is 198 Å². The number of amides is 1. The predicted molar refractivity (Wildman–Crippen MR) is 359 cm³/mol. The number of allylic oxidation sites excluding steroid dienone is 25. The van der Waals surface area contributed by atoms with Crippen LogP contribution in [0.25, 0.3) is 0 Å². The molecule has 3 saturated heterocycles. The van der Waals surface area contributed by atoms with Gasteiger partial charge in [0.25, 0.3) is 0 Å². The molecule has 3 fully saturated rings. The van der Waals surface area contributed by atoms with E-state index < -0.39 is 131 Å². The van der Waals surface area contributed by atoms with Crippen LogP contribution in [0.2, 0.25) is 0 Å². The standard InChI is InChI=1S/C73H115NO18/c1-3-5-7-9-11-13-15-17-18-19-20-21-22-23-24-25-26-27-28-29-30-31-32-33-34-35-36-37-38-39-41-43-45-47-49-51-61(79)74-56(57(78)50-48-46-44-42-40-16-14-12-10-8-6-4-2)55-87-71-67(85)64(82)69(59(53-76)89-71)92-73-68(86)65(83)70(60(54-77)90-73)91-72-66(84)63(81)62(80)58(52-75)88-72/h5,7,10-13,17-18,20-21,23-24,26-27,29-30,32-33,35-36,38-40,42,48,50,56-60,62-73,75-78,80-86H,3-4,6,8-9,14-16,19,22,25,28,31,34,37,41,43-47,49,51-55H2,1-2H3,(H,74,79)/b7-5-,12-10+,13-11-,18-17-,21-20-,24-23-,27-26-,30-29-,33-32-,36-35-,39-38-,42-40+,50-48+. The van der Waals surface area contributed by atoms with E-state index in [-0.39, 0.29) is 12.3 Å². The molecule has 520 valence electrons. The summed E-state index contributed by atoms with van der Waals surface area (Å²) in [4.78, 5) is 13.4. The quantitative estimate of drug-likeness (QED) is 0.0201. The molecule has 3 rings (SSSR count). The number of carbonyl (C=O) groups excluding carboxylic acids is 1. The minimum Gasteiger partial charge on any atom is -0.394 e. The first-order valence-electron chi connectivity index (χ1n) is 33.7. The van der Waals surface area contributed by atoms with Gasteiger partial charge in [0.1, 0.15) is 73.2 Å². The number of hydrogen-bond donors (Lipinski definition) is 12. The summed E-state index contributed by atoms with van der Waals surface area (Å²) in [6.45, 7) is 1.47. The number of nitrogens with one attached hydrogen (secondary N) is 1. The average Bonchev–Trinajstić information content (AvgIpc) is 0.830. The molecule has 3 aliphatic rings. The van der Waals surface area contributed by atoms with E-state index in [1.165, 1.54) is 12.8 Å². The lowest BCUT2D eigenvalue weighted by Crippen LogP contribution is -2.66. The molecule has 19 heteroatoms. The van der Waals surface area contributed by atoms with Crippen molar-refractivity contribution in [1.82, 2.24) is 5.32 Å². The van der Waals surface area contributed by atoms with E-state index in [0.29, 0.717) is 12.8 Å². The summed E-state index contributed by atoms with van der Waals surface area (Å²) in [5.41, 5.74) is 0. The molecular formula is C73H115NO18. The van der Waals surface area contributed by atoms with Crippen LogP contribution in [0.1, 0.15) is 162 Å². The molecule has 17 unspecified atom stereocenters. The highest BCUT2D eigenvalue weighted by molar-refractivity contribution is 5.76. The van der Waals surface area contributed by atoms with Crippen LogP contribution >= 0.6 is 0 Å². The summed E-state index contributed by atoms with van der Waals surface area (Å²) in [5.74, 6) is -0.324. The summed E-state index contributed by atoms with van der Waals surface area (Å²) in [6.07, 6.45) is 49.5. The predicted octanol–water partition coefficient (Wildman–Crippen LogP) is 8.54. The zero-order valence-electron chi connectivity index (χ0n) is 54.7. The minimum atomic E-state index is -1.99. The van der Waals surface area contributed by atoms with Gasteiger partial charge in [-0.2, -0.15) is 0 Å². The molecule has 17 atom stereocenters. The lowest BCUT2D eigenvalue weighted by atomic mass is 9.96. The Labute approximate surface area is 548 Å². The third-order valence-corrected chi connectivity index (χ3v) is 15.5. The topological polar surface area (TPSA) is 307 Å². The second-order valence-electron chi connectivity index (χ2n) is 23.2. The van der Waals surface area contributed by atoms with Crippen LogP contribution < -0.4 is 5.32 Å². The van der Waals surface area contributed by atoms with Crippen LogP contribution in [0.3, 0.4) is 0 Å². The fourth-order valence-corrected chi connectivity index (χ4v) is 10.1. The SMILES string of the molecule is CC/C=C\C/C=C\C/C=C\C/C=C\C/C=C\C/C=C\C/C=C\C/C=C\C/C=C\C/C=C\CCCCCCC(=O)NC(COC1OC(CO)C(OC2OC(CO)C(OC3OC(CO)C(O)C(O)C3O)C(O)C2O)C(O)C1O)C(O)/C=C/CC/C=C/CC/C=C/CCCC. The fraction of sp³-hybridized carbons (Fsp3) is 0.630. The first-order chi connectivity index (χ1) is 44.8. The van der Waals surface area contributed by atoms with Crippen molar-refractivity contribution in [1.29, 1.82) is 0 Å². The van der Waals surface area contributed by atoms with Gasteiger partial charge in [0, 0.05) is 6.42 Å². The fourth-order valence-electron chi connectivity index (χ4n) is 10.1. The molecule has 19 nitrogen and oxygen atoms in total. The number of aliphatic hydroxyl groups excluding tert-OH is 11. The highest BCUT2D eigenvalue weighted by Crippen LogP contribution is 2.33. The molecular weight excluding hydrogens is 1180 g/mol. The van der Waals surface area contributed by atoms with Crippen LogP contribution in [0.5, 0.6) is 0 Å². The highest BCUT2D eigenvalue weighted by Gasteiger charge is 2.53. The van der Waals surface area contributed by atoms with Gasteiger partial charge >= 0.3 is 0 Å². The molecule has 0 spiro atoms. The van der Waals surface area contributed by atoms with Crippen molar-refractivity contribution < 1.29 is 89.4 Å². The van der Waals surface area contributed by atoms with E-state index in [1.807, 2.05) is 0 Å². The van der Waals surface area contributed by atoms with Crippen molar-refractivity contribution in [3.05, 3.63) is 158 Å². The molecule has 0 aromatic carbocycles. The van der Waals surface area contributed by atoms with Gasteiger partial charge in [-0.3, -0.25) is 4.79 Å². The van der Waals surface area contributed by atoms with Crippen molar-refractivity contribution in [2.75, 3.05) is 26.4 Å². The Hall–Kier alpha value is -4.59. The second-order valence-corrected chi connectivity index (χ2v) is 23.2. The molecule has 0 bridgehead atoms. The molecule has 0 aromatic rings. The summed E-state index contributed by atoms with van der Waals surface area (Å²) in [7, 11) is 0. The molecule has 0 aliphatic carbocycles. The lowest BCUT2D eigenvalue weighted by Gasteiger charge is -2.48. The van der Waals surface area contributed by atoms with Crippen molar-refractivity contribution in [3.63, 3.8) is 0 Å². The van der Waals surface area contributed by atoms with Crippen LogP contribution in [0.15, 0.2) is 158 Å². The van der Waals surface area contributed by atoms with E-state index in [2.05, 4.69) is 165 Å². The highest BCUT2D eigenvalue weighted by atomic mass is 16.8. The molecule has 92 heavy (non-hydrogen) atoms. The summed E-state index contributed by atoms with van der Waals surface area (Å²) >= 11 is 0. The van der Waals surface area contributed by atoms with Crippen molar-refractivity contribution >= 4 is 5.91 Å². The maximum absolute atomic E-state index is 13.4. The van der Waals surface area contributed by atoms with E-state index >= 15 is 0 Å². The molecule has 3 aliphatic heterocycles. The summed E-state index contributed by atoms with van der Waals surface area (Å²) in [5, 5.41) is 120. The van der Waals surface area contributed by atoms with Gasteiger partial charge in [-0.25, -0.2) is 0 Å². The smallest absolute Gasteiger partial charge is 0.220 e. The maximum atomic E-state index is 13.4. The van der Waals surface area contributed by atoms with E-state index in [9.17, 15) is 61.0 Å². The summed E-state index contributed by atoms with van der Waals surface area (Å²) in [6, 6.07) is -1.02. The molecule has 0 saturated carbocycles. The monoisotopic (exact) mass is 1290 g/mol. The summed E-state index contributed by atoms with van der Waals surface area (Å²) < 4.78 is 34.2. The number of carbonyl (C=O) groups is 1. The average molecular weight is 1290 g/mol. The lowest BCUT2D eigenvalue weighted by molar-refractivity contribution is -0.379. The molecule has 0 radical (unpaired) electrons. The number of rotatable bonds is 48. The Morgan fingerprint density at radius 3 is 1.21 bits per heavy atom. The first-order valence-corrected chi connectivity index (χ1v) is 33.7. The van der Waals surface area contributed by atoms with Gasteiger partial charge < -0.3 is 89.9 Å². The Bertz CT molecular complexity index is 2280. The van der Waals surface area contributed by atoms with Crippen molar-refractivity contribution in [2.24, 2.45) is 0 Å². The first kappa shape index (κ1) is 81.6. The Morgan fingerprint density at radius 1 is 0.402 bits per heavy atom. The van der Waals surface area contributed by atoms with Crippen LogP contribution in [-0.2, 0) is 33.2 Å². The maximum Gasteiger partial charge on any atom is 0.220 e. The molecule has 0 aromatic heterocycles. The van der Waals surface area contributed by atoms with Crippen LogP contribution in [0, 0.1) is 0 Å². The van der Waals surface area contributed by atoms with Crippen LogP contribution in [0.4, 0.5) is 0 Å². The Morgan fingerprint density at radius 2 is 0.761 bits per heavy atom. The molecule has 3 heterocycles. The van der Waals surface area contributed by atoms with Crippen LogP contribution in [-0.4, -0.2) is 193 Å². The van der Waals surface area contributed by atoms with E-state index in [1.54, 1.807) is 12.2 Å². The molecule has 1 amide bonds. The van der Waals surface area contributed by atoms with Crippen molar-refractivity contribution in [3.8, 4) is 0 Å². The number of unbranched alkanes of at least 4 members (excludes halogenated alkanes) is 8. The third kappa shape index (κ3) is 34.2. The van der Waals surface area contributed by atoms with E-state index in [0.717, 1.165) is 116 Å². The van der Waals surface area contributed by atoms with Gasteiger partial charge in [-0.15, -0.1) is 0 Å². The zero-order chi connectivity index (χ0) is 66.8. The largest absolute Gasteiger partial charge is 0.394 e. The van der Waals surface area contributed by atoms with E-state index in [4.69, 9.17) is 28.4 Å². The number of aliphatic hydroxyl groups is 11. The van der Waals surface area contributed by atoms with Gasteiger partial charge in [0.05, 0.1) is 38.6 Å². The zero-order valence-corrected chi connectivity index (χ0v) is 54.7. The second kappa shape index (κ2) is 52.7. The van der Waals surface area contributed by atoms with Gasteiger partial charge in [-0.05, 0) is 116 Å².